The lowest BCUT2D eigenvalue weighted by molar-refractivity contribution is 0.0599. The molecule has 0 radical (unpaired) electrons. The van der Waals surface area contributed by atoms with E-state index in [9.17, 15) is 19.2 Å². The van der Waals surface area contributed by atoms with Crippen LogP contribution in [0.25, 0.3) is 0 Å². The number of carbonyl (C=O) groups excluding carboxylic acids is 3. The Bertz CT molecular complexity index is 2660. The highest BCUT2D eigenvalue weighted by Gasteiger charge is 2.19. The van der Waals surface area contributed by atoms with Gasteiger partial charge in [-0.25, -0.2) is 9.59 Å². The van der Waals surface area contributed by atoms with Crippen LogP contribution in [0.3, 0.4) is 0 Å². The molecule has 0 bridgehead atoms. The number of nitrogens with one attached hydrogen (secondary N) is 2. The SMILES string of the molecule is COC(=O)c1ccc([C@H](C)NC(=O)c2cc(Cl)cnc2Cc2cccc(C#N)c2)cc1.C[C@H](NC(=O)c1cc(Cl)cnc1Cc1cccc(C#N)c1)c1ccc(C(=O)O)cc1. The number of rotatable bonds is 12. The Kier molecular flexibility index (Phi) is 15.4. The van der Waals surface area contributed by atoms with Crippen LogP contribution in [-0.2, 0) is 17.6 Å². The summed E-state index contributed by atoms with van der Waals surface area (Å²) in [5.74, 6) is -2.08. The standard InChI is InChI=1S/C24H20ClN3O3.C23H18ClN3O3/c1-15(18-6-8-19(9-7-18)24(30)31-2)28-23(29)21-12-20(25)14-27-22(21)11-16-4-3-5-17(10-16)13-26;1-14(17-5-7-18(8-6-17)23(29)30)27-22(28)20-11-19(24)13-26-21(20)10-15-3-2-4-16(9-15)12-25/h3-10,12,14-15H,11H2,1-2H3,(H,28,29);2-9,11,13-14H,10H2,1H3,(H,27,28)(H,29,30)/t15-;14-/m00/s1. The molecule has 4 aromatic carbocycles. The van der Waals surface area contributed by atoms with E-state index < -0.39 is 11.9 Å². The molecule has 14 heteroatoms. The van der Waals surface area contributed by atoms with Crippen molar-refractivity contribution in [2.24, 2.45) is 0 Å². The van der Waals surface area contributed by atoms with Gasteiger partial charge in [-0.3, -0.25) is 19.6 Å². The zero-order valence-electron chi connectivity index (χ0n) is 33.1. The number of carbonyl (C=O) groups is 4. The third-order valence-electron chi connectivity index (χ3n) is 9.40. The number of nitriles is 2. The number of methoxy groups -OCH3 is 1. The highest BCUT2D eigenvalue weighted by Crippen LogP contribution is 2.22. The summed E-state index contributed by atoms with van der Waals surface area (Å²) in [6.07, 6.45) is 3.74. The third-order valence-corrected chi connectivity index (χ3v) is 9.82. The molecule has 2 aromatic heterocycles. The van der Waals surface area contributed by atoms with Crippen LogP contribution in [0.1, 0.15) is 112 Å². The number of amides is 2. The van der Waals surface area contributed by atoms with E-state index in [1.807, 2.05) is 26.0 Å². The summed E-state index contributed by atoms with van der Waals surface area (Å²) in [5, 5.41) is 33.7. The fourth-order valence-electron chi connectivity index (χ4n) is 6.15. The first-order chi connectivity index (χ1) is 29.3. The highest BCUT2D eigenvalue weighted by molar-refractivity contribution is 6.31. The number of nitrogens with zero attached hydrogens (tertiary/aromatic N) is 4. The van der Waals surface area contributed by atoms with E-state index in [1.165, 1.54) is 31.6 Å². The predicted octanol–water partition coefficient (Wildman–Crippen LogP) is 8.86. The number of aromatic nitrogens is 2. The third kappa shape index (κ3) is 12.3. The molecule has 0 saturated carbocycles. The molecule has 306 valence electrons. The first-order valence-corrected chi connectivity index (χ1v) is 19.4. The van der Waals surface area contributed by atoms with Gasteiger partial charge in [0.2, 0.25) is 0 Å². The van der Waals surface area contributed by atoms with Crippen molar-refractivity contribution in [3.05, 3.63) is 199 Å². The van der Waals surface area contributed by atoms with Crippen LogP contribution in [0.2, 0.25) is 10.0 Å². The Labute approximate surface area is 362 Å². The average Bonchev–Trinajstić information content (AvgIpc) is 3.27. The Morgan fingerprint density at radius 2 is 1.07 bits per heavy atom. The van der Waals surface area contributed by atoms with Gasteiger partial charge in [-0.2, -0.15) is 10.5 Å². The van der Waals surface area contributed by atoms with Gasteiger partial charge in [0.05, 0.1) is 86.1 Å². The smallest absolute Gasteiger partial charge is 0.337 e. The zero-order valence-corrected chi connectivity index (χ0v) is 34.7. The second-order valence-corrected chi connectivity index (χ2v) is 14.6. The molecule has 0 spiro atoms. The van der Waals surface area contributed by atoms with Crippen molar-refractivity contribution in [1.29, 1.82) is 10.5 Å². The van der Waals surface area contributed by atoms with E-state index >= 15 is 0 Å². The molecule has 2 atom stereocenters. The molecule has 0 fully saturated rings. The summed E-state index contributed by atoms with van der Waals surface area (Å²) in [4.78, 5) is 57.2. The number of benzene rings is 4. The van der Waals surface area contributed by atoms with Gasteiger partial charge < -0.3 is 20.5 Å². The van der Waals surface area contributed by atoms with Gasteiger partial charge in [0.15, 0.2) is 0 Å². The lowest BCUT2D eigenvalue weighted by atomic mass is 10.0. The number of carboxylic acid groups (broad SMARTS) is 1. The highest BCUT2D eigenvalue weighted by atomic mass is 35.5. The number of esters is 1. The van der Waals surface area contributed by atoms with Gasteiger partial charge in [-0.15, -0.1) is 0 Å². The quantitative estimate of drug-likeness (QED) is 0.100. The zero-order chi connectivity index (χ0) is 44.1. The maximum absolute atomic E-state index is 13.0. The fraction of sp³-hybridized carbons (Fsp3) is 0.149. The van der Waals surface area contributed by atoms with E-state index in [0.717, 1.165) is 22.3 Å². The van der Waals surface area contributed by atoms with Crippen LogP contribution >= 0.6 is 23.2 Å². The van der Waals surface area contributed by atoms with Crippen LogP contribution in [0.4, 0.5) is 0 Å². The van der Waals surface area contributed by atoms with E-state index in [0.29, 0.717) is 62.1 Å². The van der Waals surface area contributed by atoms with Crippen molar-refractivity contribution < 1.29 is 29.0 Å². The molecule has 0 saturated heterocycles. The van der Waals surface area contributed by atoms with Crippen molar-refractivity contribution in [2.45, 2.75) is 38.8 Å². The lowest BCUT2D eigenvalue weighted by Gasteiger charge is -2.16. The van der Waals surface area contributed by atoms with Gasteiger partial charge >= 0.3 is 11.9 Å². The number of carboxylic acids is 1. The number of hydrogen-bond donors (Lipinski definition) is 3. The van der Waals surface area contributed by atoms with Gasteiger partial charge in [-0.1, -0.05) is 71.7 Å². The van der Waals surface area contributed by atoms with Crippen molar-refractivity contribution in [1.82, 2.24) is 20.6 Å². The molecule has 0 aliphatic rings. The Hall–Kier alpha value is -7.38. The summed E-state index contributed by atoms with van der Waals surface area (Å²) >= 11 is 12.2. The largest absolute Gasteiger partial charge is 0.478 e. The summed E-state index contributed by atoms with van der Waals surface area (Å²) in [6, 6.07) is 34.1. The van der Waals surface area contributed by atoms with Gasteiger partial charge in [0, 0.05) is 25.2 Å². The minimum atomic E-state index is -1.01. The second kappa shape index (κ2) is 21.0. The van der Waals surface area contributed by atoms with Crippen molar-refractivity contribution in [2.75, 3.05) is 7.11 Å². The van der Waals surface area contributed by atoms with Crippen LogP contribution in [0.5, 0.6) is 0 Å². The molecular weight excluding hydrogens is 815 g/mol. The number of aromatic carboxylic acids is 1. The molecule has 3 N–H and O–H groups in total. The van der Waals surface area contributed by atoms with Crippen LogP contribution in [0.15, 0.2) is 122 Å². The molecule has 0 aliphatic carbocycles. The Morgan fingerprint density at radius 1 is 0.656 bits per heavy atom. The maximum atomic E-state index is 13.0. The minimum Gasteiger partial charge on any atom is -0.478 e. The van der Waals surface area contributed by atoms with Gasteiger partial charge in [0.1, 0.15) is 0 Å². The molecule has 0 unspecified atom stereocenters. The number of pyridine rings is 2. The number of hydrogen-bond acceptors (Lipinski definition) is 9. The van der Waals surface area contributed by atoms with Crippen LogP contribution in [0, 0.1) is 22.7 Å². The number of halogens is 2. The second-order valence-electron chi connectivity index (χ2n) is 13.7. The minimum absolute atomic E-state index is 0.179. The van der Waals surface area contributed by atoms with Crippen molar-refractivity contribution in [3.63, 3.8) is 0 Å². The van der Waals surface area contributed by atoms with Crippen molar-refractivity contribution >= 4 is 47.0 Å². The molecule has 2 heterocycles. The fourth-order valence-corrected chi connectivity index (χ4v) is 6.47. The lowest BCUT2D eigenvalue weighted by Crippen LogP contribution is -2.28. The normalized spacial score (nSPS) is 11.3. The molecular formula is C47H38Cl2N6O6. The maximum Gasteiger partial charge on any atom is 0.337 e. The molecule has 6 aromatic rings. The summed E-state index contributed by atoms with van der Waals surface area (Å²) < 4.78 is 4.70. The van der Waals surface area contributed by atoms with E-state index in [2.05, 4.69) is 32.7 Å². The van der Waals surface area contributed by atoms with Crippen LogP contribution < -0.4 is 10.6 Å². The Balaban J connectivity index is 0.000000231. The topological polar surface area (TPSA) is 195 Å². The summed E-state index contributed by atoms with van der Waals surface area (Å²) in [6.45, 7) is 3.65. The van der Waals surface area contributed by atoms with E-state index in [4.69, 9.17) is 43.6 Å². The first kappa shape index (κ1) is 44.7. The molecule has 2 amide bonds. The molecule has 12 nitrogen and oxygen atoms in total. The van der Waals surface area contributed by atoms with E-state index in [-0.39, 0.29) is 29.5 Å². The molecule has 6 rings (SSSR count). The monoisotopic (exact) mass is 852 g/mol. The summed E-state index contributed by atoms with van der Waals surface area (Å²) in [5.41, 5.74) is 6.84. The predicted molar refractivity (Wildman–Crippen MR) is 229 cm³/mol. The Morgan fingerprint density at radius 3 is 1.44 bits per heavy atom. The molecule has 0 aliphatic heterocycles. The number of ether oxygens (including phenoxy) is 1. The molecule has 61 heavy (non-hydrogen) atoms. The summed E-state index contributed by atoms with van der Waals surface area (Å²) in [7, 11) is 1.33. The van der Waals surface area contributed by atoms with Crippen LogP contribution in [-0.4, -0.2) is 45.9 Å². The first-order valence-electron chi connectivity index (χ1n) is 18.7. The van der Waals surface area contributed by atoms with Gasteiger partial charge in [-0.05, 0) is 96.8 Å². The average molecular weight is 854 g/mol. The van der Waals surface area contributed by atoms with Crippen molar-refractivity contribution in [3.8, 4) is 12.1 Å². The van der Waals surface area contributed by atoms with E-state index in [1.54, 1.807) is 84.9 Å². The van der Waals surface area contributed by atoms with Gasteiger partial charge in [0.25, 0.3) is 11.8 Å².